The molecule has 0 amide bonds. The summed E-state index contributed by atoms with van der Waals surface area (Å²) in [6, 6.07) is 11.1. The number of hydrogen-bond donors (Lipinski definition) is 1. The summed E-state index contributed by atoms with van der Waals surface area (Å²) >= 11 is 5.85. The second kappa shape index (κ2) is 6.94. The number of nitrogens with one attached hydrogen (secondary N) is 1. The van der Waals surface area contributed by atoms with Crippen molar-refractivity contribution < 1.29 is 12.8 Å². The molecule has 2 atom stereocenters. The maximum Gasteiger partial charge on any atom is 0.194 e. The first-order chi connectivity index (χ1) is 11.8. The van der Waals surface area contributed by atoms with Gasteiger partial charge in [0.25, 0.3) is 0 Å². The minimum Gasteiger partial charge on any atom is -0.375 e. The van der Waals surface area contributed by atoms with Crippen LogP contribution in [0, 0.1) is 5.82 Å². The number of anilines is 1. The highest BCUT2D eigenvalue weighted by Gasteiger charge is 2.39. The lowest BCUT2D eigenvalue weighted by Crippen LogP contribution is -2.35. The van der Waals surface area contributed by atoms with Crippen molar-refractivity contribution in [3.63, 3.8) is 0 Å². The van der Waals surface area contributed by atoms with Crippen LogP contribution in [0.25, 0.3) is 0 Å². The molecular formula is C18H20ClFN2O2S. The van der Waals surface area contributed by atoms with E-state index in [2.05, 4.69) is 5.32 Å². The molecule has 2 aromatic rings. The standard InChI is InChI=1S/C18H20ClFN2O2S/c1-22(2)17-8-3-12(11-16(17)20)15-9-10-21-18(15)25(23,24)14-6-4-13(19)5-7-14/h3-8,11,15,18,21H,9-10H2,1-2H3. The second-order valence-corrected chi connectivity index (χ2v) is 8.88. The second-order valence-electron chi connectivity index (χ2n) is 6.37. The summed E-state index contributed by atoms with van der Waals surface area (Å²) < 4.78 is 40.3. The van der Waals surface area contributed by atoms with Gasteiger partial charge in [0.05, 0.1) is 10.6 Å². The number of hydrogen-bond acceptors (Lipinski definition) is 4. The van der Waals surface area contributed by atoms with E-state index in [1.54, 1.807) is 43.3 Å². The highest BCUT2D eigenvalue weighted by atomic mass is 35.5. The quantitative estimate of drug-likeness (QED) is 0.880. The van der Waals surface area contributed by atoms with Crippen molar-refractivity contribution in [1.82, 2.24) is 5.32 Å². The third kappa shape index (κ3) is 3.52. The number of nitrogens with zero attached hydrogens (tertiary/aromatic N) is 1. The molecule has 1 fully saturated rings. The van der Waals surface area contributed by atoms with Crippen molar-refractivity contribution >= 4 is 27.1 Å². The summed E-state index contributed by atoms with van der Waals surface area (Å²) in [5, 5.41) is 2.76. The first-order valence-electron chi connectivity index (χ1n) is 8.00. The molecule has 7 heteroatoms. The molecule has 1 N–H and O–H groups in total. The molecule has 0 spiro atoms. The number of rotatable bonds is 4. The van der Waals surface area contributed by atoms with E-state index in [1.807, 2.05) is 0 Å². The zero-order valence-corrected chi connectivity index (χ0v) is 15.6. The Bertz CT molecular complexity index is 869. The highest BCUT2D eigenvalue weighted by molar-refractivity contribution is 7.92. The topological polar surface area (TPSA) is 49.4 Å². The summed E-state index contributed by atoms with van der Waals surface area (Å²) in [5.41, 5.74) is 1.17. The highest BCUT2D eigenvalue weighted by Crippen LogP contribution is 2.35. The fourth-order valence-corrected chi connectivity index (χ4v) is 5.23. The summed E-state index contributed by atoms with van der Waals surface area (Å²) in [6.45, 7) is 0.569. The molecule has 1 heterocycles. The van der Waals surface area contributed by atoms with Crippen molar-refractivity contribution in [3.8, 4) is 0 Å². The van der Waals surface area contributed by atoms with E-state index in [0.717, 1.165) is 0 Å². The Morgan fingerprint density at radius 2 is 1.84 bits per heavy atom. The number of benzene rings is 2. The van der Waals surface area contributed by atoms with Gasteiger partial charge in [-0.1, -0.05) is 17.7 Å². The molecule has 1 saturated heterocycles. The van der Waals surface area contributed by atoms with Crippen molar-refractivity contribution in [1.29, 1.82) is 0 Å². The Morgan fingerprint density at radius 1 is 1.16 bits per heavy atom. The first kappa shape index (κ1) is 18.2. The fourth-order valence-electron chi connectivity index (χ4n) is 3.23. The van der Waals surface area contributed by atoms with Crippen molar-refractivity contribution in [2.75, 3.05) is 25.5 Å². The largest absolute Gasteiger partial charge is 0.375 e. The lowest BCUT2D eigenvalue weighted by atomic mass is 9.97. The molecule has 0 aromatic heterocycles. The fraction of sp³-hybridized carbons (Fsp3) is 0.333. The van der Waals surface area contributed by atoms with Gasteiger partial charge < -0.3 is 10.2 Å². The third-order valence-corrected chi connectivity index (χ3v) is 6.87. The van der Waals surface area contributed by atoms with Gasteiger partial charge in [-0.25, -0.2) is 12.8 Å². The summed E-state index contributed by atoms with van der Waals surface area (Å²) in [4.78, 5) is 1.90. The van der Waals surface area contributed by atoms with E-state index in [9.17, 15) is 12.8 Å². The third-order valence-electron chi connectivity index (χ3n) is 4.52. The van der Waals surface area contributed by atoms with Crippen LogP contribution in [0.3, 0.4) is 0 Å². The predicted molar refractivity (Wildman–Crippen MR) is 98.5 cm³/mol. The predicted octanol–water partition coefficient (Wildman–Crippen LogP) is 3.42. The van der Waals surface area contributed by atoms with Crippen molar-refractivity contribution in [3.05, 3.63) is 58.9 Å². The van der Waals surface area contributed by atoms with E-state index in [1.165, 1.54) is 18.2 Å². The van der Waals surface area contributed by atoms with E-state index < -0.39 is 15.2 Å². The Hall–Kier alpha value is -1.63. The summed E-state index contributed by atoms with van der Waals surface area (Å²) in [6.07, 6.45) is 0.637. The molecular weight excluding hydrogens is 363 g/mol. The molecule has 3 rings (SSSR count). The lowest BCUT2D eigenvalue weighted by Gasteiger charge is -2.22. The van der Waals surface area contributed by atoms with Crippen LogP contribution >= 0.6 is 11.6 Å². The van der Waals surface area contributed by atoms with Gasteiger partial charge in [0.1, 0.15) is 11.2 Å². The van der Waals surface area contributed by atoms with E-state index >= 15 is 0 Å². The van der Waals surface area contributed by atoms with Crippen LogP contribution in [-0.4, -0.2) is 34.4 Å². The normalized spacial score (nSPS) is 20.6. The molecule has 1 aliphatic heterocycles. The van der Waals surface area contributed by atoms with Gasteiger partial charge in [0.2, 0.25) is 0 Å². The van der Waals surface area contributed by atoms with Gasteiger partial charge in [-0.2, -0.15) is 0 Å². The molecule has 2 unspecified atom stereocenters. The van der Waals surface area contributed by atoms with Crippen LogP contribution in [0.5, 0.6) is 0 Å². The van der Waals surface area contributed by atoms with Crippen LogP contribution in [0.2, 0.25) is 5.02 Å². The van der Waals surface area contributed by atoms with Gasteiger partial charge in [0.15, 0.2) is 9.84 Å². The van der Waals surface area contributed by atoms with Crippen LogP contribution < -0.4 is 10.2 Å². The van der Waals surface area contributed by atoms with Crippen molar-refractivity contribution in [2.45, 2.75) is 22.6 Å². The molecule has 0 radical (unpaired) electrons. The zero-order valence-electron chi connectivity index (χ0n) is 14.0. The van der Waals surface area contributed by atoms with Gasteiger partial charge in [0, 0.05) is 25.0 Å². The Labute approximate surface area is 152 Å². The van der Waals surface area contributed by atoms with Crippen LogP contribution in [0.1, 0.15) is 17.9 Å². The minimum atomic E-state index is -3.59. The van der Waals surface area contributed by atoms with Gasteiger partial charge >= 0.3 is 0 Å². The lowest BCUT2D eigenvalue weighted by molar-refractivity contribution is 0.557. The Balaban J connectivity index is 1.95. The van der Waals surface area contributed by atoms with Gasteiger partial charge in [-0.05, 0) is 54.9 Å². The van der Waals surface area contributed by atoms with Crippen LogP contribution in [-0.2, 0) is 9.84 Å². The van der Waals surface area contributed by atoms with Gasteiger partial charge in [-0.3, -0.25) is 0 Å². The average Bonchev–Trinajstić information content (AvgIpc) is 3.05. The van der Waals surface area contributed by atoms with Crippen molar-refractivity contribution in [2.24, 2.45) is 0 Å². The molecule has 25 heavy (non-hydrogen) atoms. The van der Waals surface area contributed by atoms with E-state index in [-0.39, 0.29) is 16.6 Å². The van der Waals surface area contributed by atoms with Crippen LogP contribution in [0.4, 0.5) is 10.1 Å². The molecule has 0 saturated carbocycles. The maximum atomic E-state index is 14.3. The first-order valence-corrected chi connectivity index (χ1v) is 9.93. The molecule has 4 nitrogen and oxygen atoms in total. The molecule has 0 aliphatic carbocycles. The minimum absolute atomic E-state index is 0.215. The number of halogens is 2. The average molecular weight is 383 g/mol. The smallest absolute Gasteiger partial charge is 0.194 e. The SMILES string of the molecule is CN(C)c1ccc(C2CCNC2S(=O)(=O)c2ccc(Cl)cc2)cc1F. The maximum absolute atomic E-state index is 14.3. The summed E-state index contributed by atoms with van der Waals surface area (Å²) in [5.74, 6) is -0.650. The molecule has 2 aromatic carbocycles. The molecule has 134 valence electrons. The van der Waals surface area contributed by atoms with E-state index in [0.29, 0.717) is 29.2 Å². The van der Waals surface area contributed by atoms with Crippen LogP contribution in [0.15, 0.2) is 47.4 Å². The molecule has 0 bridgehead atoms. The summed E-state index contributed by atoms with van der Waals surface area (Å²) in [7, 11) is -0.0610. The number of sulfone groups is 1. The Morgan fingerprint density at radius 3 is 2.44 bits per heavy atom. The Kier molecular flexibility index (Phi) is 5.04. The zero-order chi connectivity index (χ0) is 18.2. The van der Waals surface area contributed by atoms with Gasteiger partial charge in [-0.15, -0.1) is 0 Å². The van der Waals surface area contributed by atoms with E-state index in [4.69, 9.17) is 11.6 Å². The molecule has 1 aliphatic rings. The monoisotopic (exact) mass is 382 g/mol.